The van der Waals surface area contributed by atoms with Gasteiger partial charge >= 0.3 is 7.82 Å². The zero-order valence-electron chi connectivity index (χ0n) is 6.92. The second-order valence-electron chi connectivity index (χ2n) is 2.83. The van der Waals surface area contributed by atoms with Gasteiger partial charge in [-0.05, 0) is 0 Å². The molecule has 4 atom stereocenters. The Morgan fingerprint density at radius 3 is 2.14 bits per heavy atom. The maximum absolute atomic E-state index is 10.3. The largest absolute Gasteiger partial charge is 0.469 e. The molecule has 0 aromatic heterocycles. The summed E-state index contributed by atoms with van der Waals surface area (Å²) in [5.41, 5.74) is 0. The lowest BCUT2D eigenvalue weighted by Crippen LogP contribution is -2.34. The lowest BCUT2D eigenvalue weighted by molar-refractivity contribution is -0.132. The molecule has 1 fully saturated rings. The zero-order valence-corrected chi connectivity index (χ0v) is 7.82. The number of phosphoric acid groups is 1. The fourth-order valence-electron chi connectivity index (χ4n) is 1.04. The summed E-state index contributed by atoms with van der Waals surface area (Å²) >= 11 is 0. The van der Waals surface area contributed by atoms with Crippen molar-refractivity contribution in [2.45, 2.75) is 24.6 Å². The summed E-state index contributed by atoms with van der Waals surface area (Å²) in [7, 11) is -4.64. The predicted molar refractivity (Wildman–Crippen MR) is 40.9 cm³/mol. The van der Waals surface area contributed by atoms with Crippen molar-refractivity contribution < 1.29 is 38.9 Å². The fraction of sp³-hybridized carbons (Fsp3) is 1.00. The van der Waals surface area contributed by atoms with Gasteiger partial charge in [0.1, 0.15) is 18.3 Å². The summed E-state index contributed by atoms with van der Waals surface area (Å²) in [6.45, 7) is -0.612. The van der Waals surface area contributed by atoms with E-state index in [0.717, 1.165) is 0 Å². The minimum atomic E-state index is -4.64. The third-order valence-corrected chi connectivity index (χ3v) is 2.23. The Hall–Kier alpha value is -0.0500. The van der Waals surface area contributed by atoms with Gasteiger partial charge in [-0.2, -0.15) is 0 Å². The minimum absolute atomic E-state index is 0.612. The van der Waals surface area contributed by atoms with Crippen molar-refractivity contribution in [3.05, 3.63) is 0 Å². The van der Waals surface area contributed by atoms with E-state index in [9.17, 15) is 4.57 Å². The van der Waals surface area contributed by atoms with E-state index in [1.165, 1.54) is 0 Å². The van der Waals surface area contributed by atoms with E-state index in [-0.39, 0.29) is 0 Å². The number of phosphoric ester groups is 1. The van der Waals surface area contributed by atoms with Gasteiger partial charge in [0.05, 0.1) is 6.61 Å². The van der Waals surface area contributed by atoms with Crippen molar-refractivity contribution in [3.63, 3.8) is 0 Å². The van der Waals surface area contributed by atoms with E-state index in [1.54, 1.807) is 0 Å². The molecule has 1 aliphatic heterocycles. The topological polar surface area (TPSA) is 137 Å². The van der Waals surface area contributed by atoms with Gasteiger partial charge in [-0.3, -0.25) is 4.52 Å². The molecule has 1 heterocycles. The first-order valence-corrected chi connectivity index (χ1v) is 5.24. The van der Waals surface area contributed by atoms with Crippen molar-refractivity contribution in [1.82, 2.24) is 0 Å². The van der Waals surface area contributed by atoms with Crippen LogP contribution in [0.2, 0.25) is 0 Å². The van der Waals surface area contributed by atoms with Crippen LogP contribution in [-0.2, 0) is 13.8 Å². The summed E-state index contributed by atoms with van der Waals surface area (Å²) < 4.78 is 18.9. The normalized spacial score (nSPS) is 38.9. The molecule has 0 radical (unpaired) electrons. The van der Waals surface area contributed by atoms with Gasteiger partial charge < -0.3 is 29.8 Å². The third-order valence-electron chi connectivity index (χ3n) is 1.74. The lowest BCUT2D eigenvalue weighted by atomic mass is 10.1. The predicted octanol–water partition coefficient (Wildman–Crippen LogP) is -2.47. The van der Waals surface area contributed by atoms with E-state index < -0.39 is 39.0 Å². The molecule has 1 saturated heterocycles. The molecule has 0 saturated carbocycles. The first-order chi connectivity index (χ1) is 6.31. The lowest BCUT2D eigenvalue weighted by Gasteiger charge is -2.14. The van der Waals surface area contributed by atoms with E-state index in [2.05, 4.69) is 9.26 Å². The molecule has 9 heteroatoms. The second kappa shape index (κ2) is 4.21. The van der Waals surface area contributed by atoms with Crippen LogP contribution in [0.15, 0.2) is 0 Å². The average Bonchev–Trinajstić information content (AvgIpc) is 2.28. The summed E-state index contributed by atoms with van der Waals surface area (Å²) in [5, 5.41) is 27.0. The van der Waals surface area contributed by atoms with Gasteiger partial charge in [0.25, 0.3) is 0 Å². The highest BCUT2D eigenvalue weighted by molar-refractivity contribution is 7.46. The molecule has 0 aliphatic carbocycles. The number of rotatable bonds is 3. The van der Waals surface area contributed by atoms with Crippen LogP contribution in [0.1, 0.15) is 0 Å². The van der Waals surface area contributed by atoms with Crippen LogP contribution in [0.3, 0.4) is 0 Å². The monoisotopic (exact) mass is 230 g/mol. The number of aliphatic hydroxyl groups excluding tert-OH is 3. The highest BCUT2D eigenvalue weighted by Crippen LogP contribution is 2.36. The van der Waals surface area contributed by atoms with Crippen LogP contribution >= 0.6 is 7.82 Å². The van der Waals surface area contributed by atoms with Crippen LogP contribution in [0, 0.1) is 0 Å². The van der Waals surface area contributed by atoms with Crippen LogP contribution in [0.25, 0.3) is 0 Å². The Labute approximate surface area is 78.9 Å². The summed E-state index contributed by atoms with van der Waals surface area (Å²) in [4.78, 5) is 16.6. The van der Waals surface area contributed by atoms with Crippen molar-refractivity contribution in [3.8, 4) is 0 Å². The van der Waals surface area contributed by atoms with E-state index >= 15 is 0 Å². The second-order valence-corrected chi connectivity index (χ2v) is 4.07. The maximum Gasteiger partial charge on any atom is 0.469 e. The molecular weight excluding hydrogens is 219 g/mol. The third kappa shape index (κ3) is 2.97. The summed E-state index contributed by atoms with van der Waals surface area (Å²) in [6.07, 6.45) is -5.67. The molecule has 0 aromatic rings. The first-order valence-electron chi connectivity index (χ1n) is 3.71. The van der Waals surface area contributed by atoms with Gasteiger partial charge in [-0.1, -0.05) is 0 Å². The molecule has 8 nitrogen and oxygen atoms in total. The molecule has 0 amide bonds. The average molecular weight is 230 g/mol. The van der Waals surface area contributed by atoms with Gasteiger partial charge in [0, 0.05) is 0 Å². The Balaban J connectivity index is 2.44. The zero-order chi connectivity index (χ0) is 10.9. The first kappa shape index (κ1) is 12.0. The molecule has 84 valence electrons. The molecule has 1 rings (SSSR count). The number of hydrogen-bond acceptors (Lipinski definition) is 6. The molecule has 1 aliphatic rings. The molecule has 0 aromatic carbocycles. The van der Waals surface area contributed by atoms with Gasteiger partial charge in [0.2, 0.25) is 0 Å². The van der Waals surface area contributed by atoms with Gasteiger partial charge in [0.15, 0.2) is 6.29 Å². The maximum atomic E-state index is 10.3. The van der Waals surface area contributed by atoms with Crippen LogP contribution in [0.4, 0.5) is 0 Å². The van der Waals surface area contributed by atoms with Crippen molar-refractivity contribution in [2.75, 3.05) is 6.61 Å². The van der Waals surface area contributed by atoms with E-state index in [1.807, 2.05) is 0 Å². The molecule has 5 N–H and O–H groups in total. The van der Waals surface area contributed by atoms with Crippen LogP contribution in [-0.4, -0.2) is 56.3 Å². The highest BCUT2D eigenvalue weighted by atomic mass is 31.2. The number of aliphatic hydroxyl groups is 3. The molecule has 0 spiro atoms. The van der Waals surface area contributed by atoms with E-state index in [0.29, 0.717) is 0 Å². The summed E-state index contributed by atoms with van der Waals surface area (Å²) in [6, 6.07) is 0. The summed E-state index contributed by atoms with van der Waals surface area (Å²) in [5.74, 6) is 0. The molecule has 14 heavy (non-hydrogen) atoms. The van der Waals surface area contributed by atoms with Crippen molar-refractivity contribution >= 4 is 7.82 Å². The number of ether oxygens (including phenoxy) is 1. The van der Waals surface area contributed by atoms with Crippen LogP contribution in [0.5, 0.6) is 0 Å². The quantitative estimate of drug-likeness (QED) is 0.336. The smallest absolute Gasteiger partial charge is 0.387 e. The molecule has 0 bridgehead atoms. The molecular formula is C5H11O8P. The standard InChI is InChI=1S/C5H11O8P/c6-3-2(1-12-14(9,10)11)13-5(8)4(3)7/h2-8H,1H2,(H2,9,10,11)/t2-,3-,4+,5+/m1/s1. The molecule has 0 unspecified atom stereocenters. The Morgan fingerprint density at radius 1 is 1.21 bits per heavy atom. The minimum Gasteiger partial charge on any atom is -0.387 e. The SMILES string of the molecule is O=P(O)(O)OC[C@H]1O[C@H](O)[C@@H](O)[C@@H]1O. The van der Waals surface area contributed by atoms with E-state index in [4.69, 9.17) is 25.1 Å². The highest BCUT2D eigenvalue weighted by Gasteiger charge is 2.42. The van der Waals surface area contributed by atoms with Crippen LogP contribution < -0.4 is 0 Å². The Kier molecular flexibility index (Phi) is 3.62. The number of hydrogen-bond donors (Lipinski definition) is 5. The van der Waals surface area contributed by atoms with Gasteiger partial charge in [-0.15, -0.1) is 0 Å². The Bertz CT molecular complexity index is 238. The Morgan fingerprint density at radius 2 is 1.79 bits per heavy atom. The van der Waals surface area contributed by atoms with Gasteiger partial charge in [-0.25, -0.2) is 4.57 Å². The fourth-order valence-corrected chi connectivity index (χ4v) is 1.38. The van der Waals surface area contributed by atoms with Crippen molar-refractivity contribution in [1.29, 1.82) is 0 Å². The van der Waals surface area contributed by atoms with Crippen molar-refractivity contribution in [2.24, 2.45) is 0 Å².